The normalized spacial score (nSPS) is 11.3. The van der Waals surface area contributed by atoms with Crippen molar-refractivity contribution in [1.29, 1.82) is 0 Å². The maximum Gasteiger partial charge on any atom is 0.206 e. The van der Waals surface area contributed by atoms with E-state index in [1.54, 1.807) is 72.8 Å². The number of carbonyl (C=O) groups is 1. The number of aryl methyl sites for hydroxylation is 2. The van der Waals surface area contributed by atoms with Gasteiger partial charge in [-0.25, -0.2) is 8.42 Å². The summed E-state index contributed by atoms with van der Waals surface area (Å²) in [5.41, 5.74) is 3.36. The molecule has 0 bridgehead atoms. The number of hydrogen-bond donors (Lipinski definition) is 0. The summed E-state index contributed by atoms with van der Waals surface area (Å²) in [6, 6.07) is 39.4. The van der Waals surface area contributed by atoms with Crippen LogP contribution in [0.5, 0.6) is 23.0 Å². The zero-order valence-corrected chi connectivity index (χ0v) is 24.5. The van der Waals surface area contributed by atoms with Crippen LogP contribution in [0.2, 0.25) is 0 Å². The van der Waals surface area contributed by atoms with Crippen LogP contribution < -0.4 is 9.47 Å². The lowest BCUT2D eigenvalue weighted by Gasteiger charge is -2.10. The van der Waals surface area contributed by atoms with Gasteiger partial charge in [-0.2, -0.15) is 0 Å². The van der Waals surface area contributed by atoms with Gasteiger partial charge in [0.1, 0.15) is 23.0 Å². The smallest absolute Gasteiger partial charge is 0.206 e. The fourth-order valence-electron chi connectivity index (χ4n) is 4.69. The van der Waals surface area contributed by atoms with Crippen molar-refractivity contribution in [1.82, 2.24) is 0 Å². The lowest BCUT2D eigenvalue weighted by Crippen LogP contribution is -2.01. The zero-order valence-electron chi connectivity index (χ0n) is 23.7. The molecule has 0 atom stereocenters. The number of ketones is 1. The van der Waals surface area contributed by atoms with Crippen LogP contribution in [-0.2, 0) is 9.84 Å². The van der Waals surface area contributed by atoms with E-state index in [4.69, 9.17) is 9.47 Å². The summed E-state index contributed by atoms with van der Waals surface area (Å²) in [5, 5.41) is 1.93. The highest BCUT2D eigenvalue weighted by Gasteiger charge is 2.17. The Kier molecular flexibility index (Phi) is 7.53. The van der Waals surface area contributed by atoms with Crippen molar-refractivity contribution in [2.45, 2.75) is 23.6 Å². The summed E-state index contributed by atoms with van der Waals surface area (Å²) >= 11 is 0. The van der Waals surface area contributed by atoms with E-state index < -0.39 is 9.84 Å². The topological polar surface area (TPSA) is 69.7 Å². The van der Waals surface area contributed by atoms with Crippen LogP contribution in [0.4, 0.5) is 0 Å². The molecule has 6 heteroatoms. The van der Waals surface area contributed by atoms with E-state index in [2.05, 4.69) is 0 Å². The van der Waals surface area contributed by atoms with Crippen molar-refractivity contribution in [2.75, 3.05) is 0 Å². The molecule has 5 nitrogen and oxygen atoms in total. The van der Waals surface area contributed by atoms with Gasteiger partial charge in [-0.1, -0.05) is 59.7 Å². The minimum Gasteiger partial charge on any atom is -0.457 e. The van der Waals surface area contributed by atoms with Crippen LogP contribution >= 0.6 is 0 Å². The fourth-order valence-corrected chi connectivity index (χ4v) is 5.95. The molecule has 0 saturated carbocycles. The van der Waals surface area contributed by atoms with E-state index in [-0.39, 0.29) is 15.6 Å². The van der Waals surface area contributed by atoms with E-state index in [1.165, 1.54) is 0 Å². The minimum absolute atomic E-state index is 0.0292. The van der Waals surface area contributed by atoms with Gasteiger partial charge < -0.3 is 9.47 Å². The molecule has 6 aromatic rings. The zero-order chi connectivity index (χ0) is 30.0. The summed E-state index contributed by atoms with van der Waals surface area (Å²) in [7, 11) is -3.60. The van der Waals surface area contributed by atoms with Crippen molar-refractivity contribution >= 4 is 26.4 Å². The first-order valence-electron chi connectivity index (χ1n) is 13.8. The third-order valence-electron chi connectivity index (χ3n) is 7.15. The Morgan fingerprint density at radius 2 is 0.814 bits per heavy atom. The van der Waals surface area contributed by atoms with Gasteiger partial charge in [0.25, 0.3) is 0 Å². The molecule has 0 N–H and O–H groups in total. The molecule has 43 heavy (non-hydrogen) atoms. The fraction of sp³-hybridized carbons (Fsp3) is 0.0541. The Morgan fingerprint density at radius 3 is 1.28 bits per heavy atom. The van der Waals surface area contributed by atoms with Crippen molar-refractivity contribution in [3.63, 3.8) is 0 Å². The second-order valence-corrected chi connectivity index (χ2v) is 12.3. The van der Waals surface area contributed by atoms with Crippen LogP contribution in [0.1, 0.15) is 27.0 Å². The first-order chi connectivity index (χ1) is 20.7. The van der Waals surface area contributed by atoms with Crippen molar-refractivity contribution in [3.8, 4) is 23.0 Å². The predicted octanol–water partition coefficient (Wildman–Crippen LogP) is 9.11. The SMILES string of the molecule is Cc1ccc(C(=O)c2ccc(Oc3ccc4cc(Oc5ccc(S(=O)(=O)c6ccc(C)cc6)cc5)ccc4c3)cc2)cc1. The molecule has 0 aliphatic heterocycles. The number of sulfone groups is 1. The molecule has 212 valence electrons. The Labute approximate surface area is 250 Å². The van der Waals surface area contributed by atoms with E-state index in [1.807, 2.05) is 74.5 Å². The lowest BCUT2D eigenvalue weighted by atomic mass is 10.0. The summed E-state index contributed by atoms with van der Waals surface area (Å²) in [6.45, 7) is 3.91. The molecule has 0 aliphatic rings. The molecule has 6 rings (SSSR count). The van der Waals surface area contributed by atoms with Crippen LogP contribution in [-0.4, -0.2) is 14.2 Å². The second-order valence-electron chi connectivity index (χ2n) is 10.4. The predicted molar refractivity (Wildman–Crippen MR) is 168 cm³/mol. The highest BCUT2D eigenvalue weighted by Crippen LogP contribution is 2.31. The van der Waals surface area contributed by atoms with E-state index in [9.17, 15) is 13.2 Å². The van der Waals surface area contributed by atoms with Crippen LogP contribution in [0.3, 0.4) is 0 Å². The van der Waals surface area contributed by atoms with Crippen LogP contribution in [0.15, 0.2) is 143 Å². The average molecular weight is 585 g/mol. The third kappa shape index (κ3) is 6.20. The van der Waals surface area contributed by atoms with Crippen LogP contribution in [0, 0.1) is 13.8 Å². The quantitative estimate of drug-likeness (QED) is 0.167. The van der Waals surface area contributed by atoms with Gasteiger partial charge in [-0.3, -0.25) is 4.79 Å². The summed E-state index contributed by atoms with van der Waals surface area (Å²) in [4.78, 5) is 13.2. The third-order valence-corrected chi connectivity index (χ3v) is 8.94. The van der Waals surface area contributed by atoms with Gasteiger partial charge in [-0.05, 0) is 110 Å². The Balaban J connectivity index is 1.12. The Morgan fingerprint density at radius 1 is 0.465 bits per heavy atom. The molecule has 0 saturated heterocycles. The van der Waals surface area contributed by atoms with Crippen molar-refractivity contribution in [3.05, 3.63) is 156 Å². The Bertz CT molecular complexity index is 2030. The first-order valence-corrected chi connectivity index (χ1v) is 15.3. The van der Waals surface area contributed by atoms with Gasteiger partial charge in [0.05, 0.1) is 9.79 Å². The first kappa shape index (κ1) is 27.9. The minimum atomic E-state index is -3.60. The lowest BCUT2D eigenvalue weighted by molar-refractivity contribution is 0.103. The highest BCUT2D eigenvalue weighted by atomic mass is 32.2. The van der Waals surface area contributed by atoms with E-state index in [0.717, 1.165) is 21.9 Å². The van der Waals surface area contributed by atoms with Crippen LogP contribution in [0.25, 0.3) is 10.8 Å². The molecular weight excluding hydrogens is 556 g/mol. The van der Waals surface area contributed by atoms with E-state index in [0.29, 0.717) is 34.1 Å². The largest absolute Gasteiger partial charge is 0.457 e. The molecule has 6 aromatic carbocycles. The number of carbonyl (C=O) groups excluding carboxylic acids is 1. The summed E-state index contributed by atoms with van der Waals surface area (Å²) in [6.07, 6.45) is 0. The molecule has 0 amide bonds. The molecule has 0 spiro atoms. The van der Waals surface area contributed by atoms with Gasteiger partial charge in [0, 0.05) is 11.1 Å². The number of fused-ring (bicyclic) bond motifs is 1. The number of ether oxygens (including phenoxy) is 2. The summed E-state index contributed by atoms with van der Waals surface area (Å²) in [5.74, 6) is 2.44. The van der Waals surface area contributed by atoms with Gasteiger partial charge in [-0.15, -0.1) is 0 Å². The number of hydrogen-bond acceptors (Lipinski definition) is 5. The maximum absolute atomic E-state index is 12.9. The molecule has 0 fully saturated rings. The second kappa shape index (κ2) is 11.6. The molecule has 0 aliphatic carbocycles. The monoisotopic (exact) mass is 584 g/mol. The molecule has 0 radical (unpaired) electrons. The molecule has 0 aromatic heterocycles. The number of benzene rings is 6. The van der Waals surface area contributed by atoms with Gasteiger partial charge >= 0.3 is 0 Å². The maximum atomic E-state index is 12.9. The molecule has 0 unspecified atom stereocenters. The highest BCUT2D eigenvalue weighted by molar-refractivity contribution is 7.91. The van der Waals surface area contributed by atoms with Crippen molar-refractivity contribution in [2.24, 2.45) is 0 Å². The Hall–Kier alpha value is -5.20. The summed E-state index contributed by atoms with van der Waals surface area (Å²) < 4.78 is 38.0. The van der Waals surface area contributed by atoms with Gasteiger partial charge in [0.15, 0.2) is 5.78 Å². The van der Waals surface area contributed by atoms with E-state index >= 15 is 0 Å². The van der Waals surface area contributed by atoms with Crippen molar-refractivity contribution < 1.29 is 22.7 Å². The molecular formula is C37H28O5S. The average Bonchev–Trinajstić information content (AvgIpc) is 3.02. The number of rotatable bonds is 8. The standard InChI is InChI=1S/C37H28O5S/c1-25-3-7-27(8-4-25)37(38)28-9-13-31(14-10-28)41-33-15-11-30-24-34(16-12-29(30)23-33)42-32-17-21-36(22-18-32)43(39,40)35-19-5-26(2)6-20-35/h3-24H,1-2H3. The van der Waals surface area contributed by atoms with Gasteiger partial charge in [0.2, 0.25) is 9.84 Å². The molecule has 0 heterocycles.